The van der Waals surface area contributed by atoms with Crippen LogP contribution in [0.2, 0.25) is 0 Å². The van der Waals surface area contributed by atoms with E-state index >= 15 is 0 Å². The van der Waals surface area contributed by atoms with Gasteiger partial charge in [-0.15, -0.1) is 0 Å². The maximum absolute atomic E-state index is 13.4. The van der Waals surface area contributed by atoms with Crippen molar-refractivity contribution in [2.75, 3.05) is 26.3 Å². The molecule has 0 amide bonds. The van der Waals surface area contributed by atoms with E-state index in [1.807, 2.05) is 25.1 Å². The summed E-state index contributed by atoms with van der Waals surface area (Å²) in [7, 11) is -4.06. The van der Waals surface area contributed by atoms with Gasteiger partial charge in [-0.05, 0) is 55.5 Å². The Balaban J connectivity index is 1.52. The standard InChI is InChI=1S/C24H26N2O5S/c1-16-2-6-21(7-3-16)32(29,30)26-22-14-17(4-5-18(22)15-23(26)24(27)28)19-12-20(13-19)25-8-10-31-11-9-25/h2-7,14-15,19-20H,8-13H2,1H3,(H,27,28). The molecule has 2 aliphatic rings. The largest absolute Gasteiger partial charge is 0.477 e. The van der Waals surface area contributed by atoms with Crippen molar-refractivity contribution in [2.45, 2.75) is 36.6 Å². The summed E-state index contributed by atoms with van der Waals surface area (Å²) >= 11 is 0. The van der Waals surface area contributed by atoms with Crippen LogP contribution in [0.15, 0.2) is 53.4 Å². The lowest BCUT2D eigenvalue weighted by molar-refractivity contribution is -0.00697. The molecule has 2 heterocycles. The zero-order valence-corrected chi connectivity index (χ0v) is 18.7. The van der Waals surface area contributed by atoms with E-state index in [2.05, 4.69) is 4.90 Å². The highest BCUT2D eigenvalue weighted by atomic mass is 32.2. The highest BCUT2D eigenvalue weighted by molar-refractivity contribution is 7.90. The van der Waals surface area contributed by atoms with E-state index in [1.165, 1.54) is 18.2 Å². The summed E-state index contributed by atoms with van der Waals surface area (Å²) in [5, 5.41) is 10.3. The summed E-state index contributed by atoms with van der Waals surface area (Å²) in [6.07, 6.45) is 2.03. The summed E-state index contributed by atoms with van der Waals surface area (Å²) < 4.78 is 33.3. The Morgan fingerprint density at radius 1 is 1.03 bits per heavy atom. The van der Waals surface area contributed by atoms with Gasteiger partial charge < -0.3 is 9.84 Å². The van der Waals surface area contributed by atoms with Crippen molar-refractivity contribution >= 4 is 26.9 Å². The van der Waals surface area contributed by atoms with Gasteiger partial charge in [0.1, 0.15) is 5.69 Å². The molecule has 2 fully saturated rings. The summed E-state index contributed by atoms with van der Waals surface area (Å²) in [5.74, 6) is -0.930. The average Bonchev–Trinajstić information content (AvgIpc) is 3.14. The quantitative estimate of drug-likeness (QED) is 0.635. The number of hydrogen-bond acceptors (Lipinski definition) is 5. The van der Waals surface area contributed by atoms with E-state index in [9.17, 15) is 18.3 Å². The molecule has 1 aromatic heterocycles. The molecule has 0 unspecified atom stereocenters. The number of rotatable bonds is 5. The number of carbonyl (C=O) groups is 1. The second kappa shape index (κ2) is 8.03. The molecule has 3 aromatic rings. The van der Waals surface area contributed by atoms with Crippen LogP contribution in [-0.4, -0.2) is 60.7 Å². The van der Waals surface area contributed by atoms with Crippen molar-refractivity contribution in [2.24, 2.45) is 0 Å². The fourth-order valence-corrected chi connectivity index (χ4v) is 6.27. The van der Waals surface area contributed by atoms with Crippen molar-refractivity contribution in [1.29, 1.82) is 0 Å². The van der Waals surface area contributed by atoms with Crippen LogP contribution in [-0.2, 0) is 14.8 Å². The Morgan fingerprint density at radius 2 is 1.72 bits per heavy atom. The van der Waals surface area contributed by atoms with E-state index in [0.717, 1.165) is 54.2 Å². The smallest absolute Gasteiger partial charge is 0.353 e. The Bertz CT molecular complexity index is 1270. The molecule has 1 N–H and O–H groups in total. The molecule has 1 saturated heterocycles. The normalized spacial score (nSPS) is 22.0. The Kier molecular flexibility index (Phi) is 5.31. The summed E-state index contributed by atoms with van der Waals surface area (Å²) in [6.45, 7) is 5.33. The van der Waals surface area contributed by atoms with Crippen LogP contribution in [0, 0.1) is 6.92 Å². The number of ether oxygens (including phenoxy) is 1. The van der Waals surface area contributed by atoms with Gasteiger partial charge in [0.25, 0.3) is 10.0 Å². The number of hydrogen-bond donors (Lipinski definition) is 1. The van der Waals surface area contributed by atoms with Crippen molar-refractivity contribution < 1.29 is 23.1 Å². The maximum Gasteiger partial charge on any atom is 0.353 e. The van der Waals surface area contributed by atoms with Gasteiger partial charge in [0.15, 0.2) is 0 Å². The van der Waals surface area contributed by atoms with E-state index in [1.54, 1.807) is 12.1 Å². The number of carboxylic acids is 1. The Hall–Kier alpha value is -2.68. The number of aromatic carboxylic acids is 1. The molecule has 168 valence electrons. The van der Waals surface area contributed by atoms with Crippen LogP contribution >= 0.6 is 0 Å². The molecule has 0 spiro atoms. The van der Waals surface area contributed by atoms with Gasteiger partial charge in [-0.2, -0.15) is 0 Å². The Labute approximate surface area is 187 Å². The molecule has 1 aliphatic heterocycles. The van der Waals surface area contributed by atoms with Crippen LogP contribution in [0.25, 0.3) is 10.9 Å². The molecule has 8 heteroatoms. The molecule has 2 aromatic carbocycles. The molecule has 1 saturated carbocycles. The van der Waals surface area contributed by atoms with Crippen molar-refractivity contribution in [3.63, 3.8) is 0 Å². The molecule has 7 nitrogen and oxygen atoms in total. The van der Waals surface area contributed by atoms with Crippen LogP contribution in [0.1, 0.15) is 40.4 Å². The third-order valence-corrected chi connectivity index (χ3v) is 8.45. The highest BCUT2D eigenvalue weighted by Gasteiger charge is 2.35. The number of nitrogens with zero attached hydrogens (tertiary/aromatic N) is 2. The molecule has 5 rings (SSSR count). The molecule has 32 heavy (non-hydrogen) atoms. The number of carboxylic acid groups (broad SMARTS) is 1. The van der Waals surface area contributed by atoms with Gasteiger partial charge in [0.05, 0.1) is 23.6 Å². The topological polar surface area (TPSA) is 88.8 Å². The Morgan fingerprint density at radius 3 is 2.38 bits per heavy atom. The third-order valence-electron chi connectivity index (χ3n) is 6.71. The van der Waals surface area contributed by atoms with Gasteiger partial charge in [-0.25, -0.2) is 17.2 Å². The van der Waals surface area contributed by atoms with Gasteiger partial charge >= 0.3 is 5.97 Å². The lowest BCUT2D eigenvalue weighted by Crippen LogP contribution is -2.48. The van der Waals surface area contributed by atoms with E-state index in [0.29, 0.717) is 22.9 Å². The SMILES string of the molecule is Cc1ccc(S(=O)(=O)n2c(C(=O)O)cc3ccc(C4CC(N5CCOCC5)C4)cc32)cc1. The first-order valence-corrected chi connectivity index (χ1v) is 12.3. The summed E-state index contributed by atoms with van der Waals surface area (Å²) in [6, 6.07) is 14.1. The number of benzene rings is 2. The molecule has 0 radical (unpaired) electrons. The lowest BCUT2D eigenvalue weighted by atomic mass is 9.75. The average molecular weight is 455 g/mol. The van der Waals surface area contributed by atoms with Crippen LogP contribution < -0.4 is 0 Å². The monoisotopic (exact) mass is 454 g/mol. The number of fused-ring (bicyclic) bond motifs is 1. The molecule has 0 atom stereocenters. The van der Waals surface area contributed by atoms with Gasteiger partial charge in [-0.1, -0.05) is 29.8 Å². The second-order valence-corrected chi connectivity index (χ2v) is 10.5. The lowest BCUT2D eigenvalue weighted by Gasteiger charge is -2.44. The van der Waals surface area contributed by atoms with Crippen molar-refractivity contribution in [3.8, 4) is 0 Å². The fourth-order valence-electron chi connectivity index (χ4n) is 4.77. The van der Waals surface area contributed by atoms with Crippen molar-refractivity contribution in [1.82, 2.24) is 8.87 Å². The van der Waals surface area contributed by atoms with Crippen LogP contribution in [0.3, 0.4) is 0 Å². The molecular formula is C24H26N2O5S. The number of aryl methyl sites for hydroxylation is 1. The van der Waals surface area contributed by atoms with Gasteiger partial charge in [-0.3, -0.25) is 4.90 Å². The predicted octanol–water partition coefficient (Wildman–Crippen LogP) is 3.46. The fraction of sp³-hybridized carbons (Fsp3) is 0.375. The first-order chi connectivity index (χ1) is 15.3. The zero-order valence-electron chi connectivity index (χ0n) is 17.9. The predicted molar refractivity (Wildman–Crippen MR) is 121 cm³/mol. The summed E-state index contributed by atoms with van der Waals surface area (Å²) in [4.78, 5) is 14.5. The highest BCUT2D eigenvalue weighted by Crippen LogP contribution is 2.41. The minimum atomic E-state index is -4.06. The first-order valence-electron chi connectivity index (χ1n) is 10.9. The molecule has 1 aliphatic carbocycles. The van der Waals surface area contributed by atoms with Gasteiger partial charge in [0, 0.05) is 24.5 Å². The third kappa shape index (κ3) is 3.62. The van der Waals surface area contributed by atoms with Crippen LogP contribution in [0.5, 0.6) is 0 Å². The van der Waals surface area contributed by atoms with Crippen molar-refractivity contribution in [3.05, 3.63) is 65.4 Å². The number of aromatic nitrogens is 1. The minimum Gasteiger partial charge on any atom is -0.477 e. The maximum atomic E-state index is 13.4. The van der Waals surface area contributed by atoms with Gasteiger partial charge in [0.2, 0.25) is 0 Å². The van der Waals surface area contributed by atoms with E-state index < -0.39 is 16.0 Å². The second-order valence-electron chi connectivity index (χ2n) is 8.71. The zero-order chi connectivity index (χ0) is 22.5. The summed E-state index contributed by atoms with van der Waals surface area (Å²) in [5.41, 5.74) is 2.15. The van der Waals surface area contributed by atoms with E-state index in [4.69, 9.17) is 4.74 Å². The van der Waals surface area contributed by atoms with Crippen LogP contribution in [0.4, 0.5) is 0 Å². The molecular weight excluding hydrogens is 428 g/mol. The molecule has 0 bridgehead atoms. The first kappa shape index (κ1) is 21.2. The minimum absolute atomic E-state index is 0.0736. The number of morpholine rings is 1. The van der Waals surface area contributed by atoms with E-state index in [-0.39, 0.29) is 10.6 Å².